The van der Waals surface area contributed by atoms with Crippen LogP contribution in [0.5, 0.6) is 0 Å². The van der Waals surface area contributed by atoms with E-state index in [1.54, 1.807) is 0 Å². The summed E-state index contributed by atoms with van der Waals surface area (Å²) in [5.41, 5.74) is 8.15. The first-order chi connectivity index (χ1) is 25.8. The van der Waals surface area contributed by atoms with Gasteiger partial charge >= 0.3 is 0 Å². The highest BCUT2D eigenvalue weighted by atomic mass is 16.3. The lowest BCUT2D eigenvalue weighted by molar-refractivity contribution is 0.669. The Hall–Kier alpha value is -7.11. The zero-order valence-electron chi connectivity index (χ0n) is 27.7. The van der Waals surface area contributed by atoms with Crippen LogP contribution < -0.4 is 0 Å². The zero-order chi connectivity index (χ0) is 34.2. The molecule has 5 nitrogen and oxygen atoms in total. The van der Waals surface area contributed by atoms with Crippen molar-refractivity contribution in [1.29, 1.82) is 0 Å². The van der Waals surface area contributed by atoms with Gasteiger partial charge in [-0.3, -0.25) is 0 Å². The highest BCUT2D eigenvalue weighted by Gasteiger charge is 2.21. The quantitative estimate of drug-likeness (QED) is 0.175. The second kappa shape index (κ2) is 11.2. The van der Waals surface area contributed by atoms with E-state index in [4.69, 9.17) is 23.8 Å². The molecule has 11 rings (SSSR count). The van der Waals surface area contributed by atoms with Gasteiger partial charge in [0, 0.05) is 43.8 Å². The molecule has 0 bridgehead atoms. The van der Waals surface area contributed by atoms with Crippen LogP contribution in [0.1, 0.15) is 0 Å². The second-order valence-electron chi connectivity index (χ2n) is 13.1. The lowest BCUT2D eigenvalue weighted by atomic mass is 9.92. The summed E-state index contributed by atoms with van der Waals surface area (Å²) in [5, 5.41) is 8.89. The lowest BCUT2D eigenvalue weighted by Gasteiger charge is -2.11. The van der Waals surface area contributed by atoms with Gasteiger partial charge in [0.15, 0.2) is 17.5 Å². The Bertz CT molecular complexity index is 3190. The minimum Gasteiger partial charge on any atom is -0.456 e. The predicted octanol–water partition coefficient (Wildman–Crippen LogP) is 12.6. The molecule has 0 aliphatic carbocycles. The van der Waals surface area contributed by atoms with Gasteiger partial charge in [0.2, 0.25) is 0 Å². The van der Waals surface area contributed by atoms with Gasteiger partial charge in [0.05, 0.1) is 0 Å². The third-order valence-electron chi connectivity index (χ3n) is 10.1. The van der Waals surface area contributed by atoms with Crippen molar-refractivity contribution < 1.29 is 8.83 Å². The third-order valence-corrected chi connectivity index (χ3v) is 10.1. The molecule has 0 saturated heterocycles. The number of hydrogen-bond acceptors (Lipinski definition) is 5. The monoisotopic (exact) mass is 665 g/mol. The van der Waals surface area contributed by atoms with E-state index in [-0.39, 0.29) is 0 Å². The highest BCUT2D eigenvalue weighted by Crippen LogP contribution is 2.43. The smallest absolute Gasteiger partial charge is 0.164 e. The maximum absolute atomic E-state index is 6.79. The van der Waals surface area contributed by atoms with Crippen LogP contribution in [0.15, 0.2) is 173 Å². The Morgan fingerprint density at radius 3 is 1.85 bits per heavy atom. The Kier molecular flexibility index (Phi) is 6.18. The number of hydrogen-bond donors (Lipinski definition) is 0. The topological polar surface area (TPSA) is 65.0 Å². The van der Waals surface area contributed by atoms with Crippen molar-refractivity contribution in [1.82, 2.24) is 15.0 Å². The number of nitrogens with zero attached hydrogens (tertiary/aromatic N) is 3. The summed E-state index contributed by atoms with van der Waals surface area (Å²) < 4.78 is 12.9. The van der Waals surface area contributed by atoms with Crippen molar-refractivity contribution in [3.8, 4) is 45.3 Å². The van der Waals surface area contributed by atoms with Crippen LogP contribution in [0.3, 0.4) is 0 Å². The van der Waals surface area contributed by atoms with Crippen molar-refractivity contribution >= 4 is 65.4 Å². The number of aromatic nitrogens is 3. The summed E-state index contributed by atoms with van der Waals surface area (Å²) in [4.78, 5) is 15.3. The lowest BCUT2D eigenvalue weighted by Crippen LogP contribution is -2.00. The van der Waals surface area contributed by atoms with Gasteiger partial charge in [0.25, 0.3) is 0 Å². The number of para-hydroxylation sites is 2. The fourth-order valence-electron chi connectivity index (χ4n) is 7.73. The molecule has 0 amide bonds. The van der Waals surface area contributed by atoms with Gasteiger partial charge in [-0.2, -0.15) is 0 Å². The van der Waals surface area contributed by atoms with Gasteiger partial charge in [-0.15, -0.1) is 0 Å². The average Bonchev–Trinajstić information content (AvgIpc) is 3.79. The standard InChI is InChI=1S/C47H27N3O2/c1-2-12-28(13-3-1)45-48-46(30-24-25-41-39(27-30)34-18-8-9-22-40(34)51-41)50-47(49-45)37-21-11-23-42-43(37)36-20-10-19-35(44(36)52-42)38-26-29-14-4-5-15-31(29)32-16-6-7-17-33(32)38/h1-27H. The molecule has 5 heteroatoms. The predicted molar refractivity (Wildman–Crippen MR) is 211 cm³/mol. The summed E-state index contributed by atoms with van der Waals surface area (Å²) >= 11 is 0. The second-order valence-corrected chi connectivity index (χ2v) is 13.1. The van der Waals surface area contributed by atoms with E-state index in [9.17, 15) is 0 Å². The maximum atomic E-state index is 6.79. The van der Waals surface area contributed by atoms with Crippen LogP contribution in [0.2, 0.25) is 0 Å². The van der Waals surface area contributed by atoms with Crippen LogP contribution in [0, 0.1) is 0 Å². The normalized spacial score (nSPS) is 11.8. The third kappa shape index (κ3) is 4.39. The number of fused-ring (bicyclic) bond motifs is 9. The molecular formula is C47H27N3O2. The molecule has 0 fully saturated rings. The zero-order valence-corrected chi connectivity index (χ0v) is 27.7. The van der Waals surface area contributed by atoms with Crippen molar-refractivity contribution in [3.05, 3.63) is 164 Å². The van der Waals surface area contributed by atoms with Crippen molar-refractivity contribution in [2.24, 2.45) is 0 Å². The number of furan rings is 2. The summed E-state index contributed by atoms with van der Waals surface area (Å²) in [6.07, 6.45) is 0. The Morgan fingerprint density at radius 2 is 0.962 bits per heavy atom. The van der Waals surface area contributed by atoms with E-state index < -0.39 is 0 Å². The average molecular weight is 666 g/mol. The minimum atomic E-state index is 0.579. The first-order valence-electron chi connectivity index (χ1n) is 17.4. The molecule has 0 atom stereocenters. The first-order valence-corrected chi connectivity index (χ1v) is 17.4. The summed E-state index contributed by atoms with van der Waals surface area (Å²) in [6, 6.07) is 56.3. The van der Waals surface area contributed by atoms with Gasteiger partial charge < -0.3 is 8.83 Å². The Balaban J connectivity index is 1.15. The summed E-state index contributed by atoms with van der Waals surface area (Å²) in [5.74, 6) is 1.77. The van der Waals surface area contributed by atoms with Gasteiger partial charge in [-0.1, -0.05) is 127 Å². The molecule has 3 aromatic heterocycles. The van der Waals surface area contributed by atoms with Gasteiger partial charge in [-0.25, -0.2) is 15.0 Å². The molecule has 52 heavy (non-hydrogen) atoms. The first kappa shape index (κ1) is 28.7. The Morgan fingerprint density at radius 1 is 0.327 bits per heavy atom. The van der Waals surface area contributed by atoms with E-state index in [2.05, 4.69) is 91.0 Å². The molecular weight excluding hydrogens is 639 g/mol. The van der Waals surface area contributed by atoms with Gasteiger partial charge in [0.1, 0.15) is 22.3 Å². The van der Waals surface area contributed by atoms with Crippen molar-refractivity contribution in [2.45, 2.75) is 0 Å². The van der Waals surface area contributed by atoms with E-state index in [1.165, 1.54) is 21.5 Å². The molecule has 0 unspecified atom stereocenters. The molecule has 242 valence electrons. The fraction of sp³-hybridized carbons (Fsp3) is 0. The Labute approximate surface area is 297 Å². The van der Waals surface area contributed by atoms with Crippen LogP contribution in [-0.2, 0) is 0 Å². The molecule has 0 aliphatic heterocycles. The number of rotatable bonds is 4. The van der Waals surface area contributed by atoms with Crippen molar-refractivity contribution in [2.75, 3.05) is 0 Å². The maximum Gasteiger partial charge on any atom is 0.164 e. The van der Waals surface area contributed by atoms with Gasteiger partial charge in [-0.05, 0) is 63.5 Å². The summed E-state index contributed by atoms with van der Waals surface area (Å²) in [6.45, 7) is 0. The molecule has 0 spiro atoms. The highest BCUT2D eigenvalue weighted by molar-refractivity contribution is 6.19. The SMILES string of the molecule is c1ccc(-c2nc(-c3ccc4oc5ccccc5c4c3)nc(-c3cccc4oc5c(-c6cc7ccccc7c7ccccc67)cccc5c34)n2)cc1. The molecule has 0 aliphatic rings. The summed E-state index contributed by atoms with van der Waals surface area (Å²) in [7, 11) is 0. The van der Waals surface area contributed by atoms with Crippen LogP contribution >= 0.6 is 0 Å². The minimum absolute atomic E-state index is 0.579. The van der Waals surface area contributed by atoms with E-state index in [0.717, 1.165) is 71.7 Å². The van der Waals surface area contributed by atoms with E-state index in [0.29, 0.717) is 17.5 Å². The van der Waals surface area contributed by atoms with E-state index in [1.807, 2.05) is 72.8 Å². The van der Waals surface area contributed by atoms with Crippen LogP contribution in [-0.4, -0.2) is 15.0 Å². The van der Waals surface area contributed by atoms with E-state index >= 15 is 0 Å². The fourth-order valence-corrected chi connectivity index (χ4v) is 7.73. The molecule has 0 radical (unpaired) electrons. The molecule has 8 aromatic carbocycles. The van der Waals surface area contributed by atoms with Crippen LogP contribution in [0.25, 0.3) is 111 Å². The largest absolute Gasteiger partial charge is 0.456 e. The van der Waals surface area contributed by atoms with Crippen LogP contribution in [0.4, 0.5) is 0 Å². The molecule has 11 aromatic rings. The number of benzene rings is 8. The molecule has 3 heterocycles. The van der Waals surface area contributed by atoms with Crippen molar-refractivity contribution in [3.63, 3.8) is 0 Å². The molecule has 0 N–H and O–H groups in total. The molecule has 0 saturated carbocycles.